The van der Waals surface area contributed by atoms with Crippen molar-refractivity contribution in [1.82, 2.24) is 0 Å². The molecule has 1 fully saturated rings. The summed E-state index contributed by atoms with van der Waals surface area (Å²) in [7, 11) is -0.356. The summed E-state index contributed by atoms with van der Waals surface area (Å²) in [6.45, 7) is 1.95. The third kappa shape index (κ3) is 1.07. The van der Waals surface area contributed by atoms with Crippen molar-refractivity contribution in [2.45, 2.75) is 25.8 Å². The lowest BCUT2D eigenvalue weighted by Crippen LogP contribution is -2.08. The fraction of sp³-hybridized carbons (Fsp3) is 1.00. The fourth-order valence-corrected chi connectivity index (χ4v) is 0.859. The van der Waals surface area contributed by atoms with Gasteiger partial charge in [-0.2, -0.15) is 4.91 Å². The van der Waals surface area contributed by atoms with Gasteiger partial charge >= 0.3 is 7.05 Å². The van der Waals surface area contributed by atoms with Gasteiger partial charge in [-0.3, -0.25) is 0 Å². The van der Waals surface area contributed by atoms with Crippen LogP contribution in [-0.4, -0.2) is 13.2 Å². The fourth-order valence-electron chi connectivity index (χ4n) is 0.859. The minimum absolute atomic E-state index is 0.234. The Hall–Kier alpha value is -0.375. The van der Waals surface area contributed by atoms with Crippen LogP contribution in [-0.2, 0) is 4.65 Å². The van der Waals surface area contributed by atoms with Gasteiger partial charge in [0, 0.05) is 6.10 Å². The highest BCUT2D eigenvalue weighted by molar-refractivity contribution is 6.50. The van der Waals surface area contributed by atoms with Gasteiger partial charge in [0.2, 0.25) is 0 Å². The van der Waals surface area contributed by atoms with E-state index < -0.39 is 0 Å². The molecule has 8 heavy (non-hydrogen) atoms. The Balaban J connectivity index is 2.32. The summed E-state index contributed by atoms with van der Waals surface area (Å²) in [6, 6.07) is 0. The molecule has 1 saturated heterocycles. The molecule has 0 radical (unpaired) electrons. The van der Waals surface area contributed by atoms with Gasteiger partial charge in [0.05, 0.1) is 0 Å². The second kappa shape index (κ2) is 2.26. The normalized spacial score (nSPS) is 28.6. The quantitative estimate of drug-likeness (QED) is 0.376. The zero-order valence-electron chi connectivity index (χ0n) is 4.83. The smallest absolute Gasteiger partial charge is 0.411 e. The predicted octanol–water partition coefficient (Wildman–Crippen LogP) is 1.05. The number of hydrogen-bond donors (Lipinski definition) is 0. The van der Waals surface area contributed by atoms with Crippen molar-refractivity contribution in [3.8, 4) is 0 Å². The summed E-state index contributed by atoms with van der Waals surface area (Å²) in [5.41, 5.74) is 0. The molecule has 0 N–H and O–H groups in total. The van der Waals surface area contributed by atoms with Gasteiger partial charge in [0.1, 0.15) is 0 Å². The van der Waals surface area contributed by atoms with Gasteiger partial charge in [-0.05, 0) is 19.7 Å². The summed E-state index contributed by atoms with van der Waals surface area (Å²) in [5.74, 6) is 0. The summed E-state index contributed by atoms with van der Waals surface area (Å²) in [6.07, 6.45) is 2.00. The van der Waals surface area contributed by atoms with E-state index in [0.717, 1.165) is 12.7 Å². The average Bonchev–Trinajstić information content (AvgIpc) is 2.14. The Kier molecular flexibility index (Phi) is 1.63. The Morgan fingerprint density at radius 3 is 2.88 bits per heavy atom. The third-order valence-corrected chi connectivity index (χ3v) is 1.33. The monoisotopic (exact) mass is 113 g/mol. The van der Waals surface area contributed by atoms with E-state index in [1.165, 1.54) is 0 Å². The molecule has 0 aromatic rings. The molecule has 1 aliphatic heterocycles. The number of nitroso groups, excluding NO2 is 1. The molecule has 3 nitrogen and oxygen atoms in total. The van der Waals surface area contributed by atoms with Gasteiger partial charge in [-0.15, -0.1) is 0 Å². The molecule has 0 unspecified atom stereocenters. The summed E-state index contributed by atoms with van der Waals surface area (Å²) >= 11 is 0. The van der Waals surface area contributed by atoms with E-state index in [-0.39, 0.29) is 13.2 Å². The molecule has 1 aliphatic rings. The lowest BCUT2D eigenvalue weighted by molar-refractivity contribution is 0.253. The molecule has 44 valence electrons. The first-order valence-electron chi connectivity index (χ1n) is 2.81. The molecule has 0 aromatic heterocycles. The molecule has 0 aliphatic carbocycles. The van der Waals surface area contributed by atoms with Crippen LogP contribution in [0.25, 0.3) is 0 Å². The number of nitrogens with zero attached hydrogens (tertiary/aromatic N) is 1. The van der Waals surface area contributed by atoms with Crippen LogP contribution in [0.1, 0.15) is 13.3 Å². The molecular formula is C4H8BNO2. The van der Waals surface area contributed by atoms with Crippen LogP contribution in [0.5, 0.6) is 0 Å². The van der Waals surface area contributed by atoms with Crippen LogP contribution in [0, 0.1) is 4.91 Å². The summed E-state index contributed by atoms with van der Waals surface area (Å²) in [4.78, 5) is 9.78. The molecule has 1 rings (SSSR count). The molecular weight excluding hydrogens is 105 g/mol. The molecule has 0 bridgehead atoms. The van der Waals surface area contributed by atoms with E-state index >= 15 is 0 Å². The van der Waals surface area contributed by atoms with E-state index in [1.54, 1.807) is 0 Å². The standard InChI is InChI=1S/C4H8BNO2/c1-4-2-3-5(6-7)8-4/h4H,2-3H2,1H3/t4-/m1/s1. The topological polar surface area (TPSA) is 38.7 Å². The van der Waals surface area contributed by atoms with Crippen molar-refractivity contribution >= 4 is 7.05 Å². The largest absolute Gasteiger partial charge is 0.486 e. The summed E-state index contributed by atoms with van der Waals surface area (Å²) < 4.78 is 5.03. The zero-order valence-corrected chi connectivity index (χ0v) is 4.83. The van der Waals surface area contributed by atoms with E-state index in [2.05, 4.69) is 5.09 Å². The van der Waals surface area contributed by atoms with Crippen molar-refractivity contribution in [3.05, 3.63) is 4.91 Å². The van der Waals surface area contributed by atoms with Crippen molar-refractivity contribution in [3.63, 3.8) is 0 Å². The van der Waals surface area contributed by atoms with Gasteiger partial charge in [0.25, 0.3) is 0 Å². The minimum atomic E-state index is -0.356. The number of rotatable bonds is 1. The third-order valence-electron chi connectivity index (χ3n) is 1.33. The maximum atomic E-state index is 9.78. The Morgan fingerprint density at radius 1 is 1.88 bits per heavy atom. The van der Waals surface area contributed by atoms with Gasteiger partial charge in [-0.25, -0.2) is 0 Å². The molecule has 0 spiro atoms. The van der Waals surface area contributed by atoms with Crippen molar-refractivity contribution in [1.29, 1.82) is 0 Å². The SMILES string of the molecule is C[C@@H]1CCB(N=O)O1. The Morgan fingerprint density at radius 2 is 2.62 bits per heavy atom. The maximum absolute atomic E-state index is 9.78. The molecule has 0 amide bonds. The van der Waals surface area contributed by atoms with Gasteiger partial charge in [-0.1, -0.05) is 5.09 Å². The summed E-state index contributed by atoms with van der Waals surface area (Å²) in [5, 5.41) is 2.77. The van der Waals surface area contributed by atoms with Gasteiger partial charge in [0.15, 0.2) is 0 Å². The molecule has 0 saturated carbocycles. The average molecular weight is 113 g/mol. The molecule has 4 heteroatoms. The van der Waals surface area contributed by atoms with Crippen LogP contribution >= 0.6 is 0 Å². The molecule has 0 aromatic carbocycles. The highest BCUT2D eigenvalue weighted by atomic mass is 16.5. The van der Waals surface area contributed by atoms with Crippen molar-refractivity contribution < 1.29 is 4.65 Å². The Labute approximate surface area is 48.5 Å². The predicted molar refractivity (Wildman–Crippen MR) is 31.5 cm³/mol. The molecule has 1 atom stereocenters. The van der Waals surface area contributed by atoms with E-state index in [9.17, 15) is 4.91 Å². The highest BCUT2D eigenvalue weighted by Gasteiger charge is 2.28. The van der Waals surface area contributed by atoms with E-state index in [1.807, 2.05) is 6.92 Å². The molecule has 1 heterocycles. The minimum Gasteiger partial charge on any atom is -0.411 e. The van der Waals surface area contributed by atoms with Crippen LogP contribution in [0.4, 0.5) is 0 Å². The first-order chi connectivity index (χ1) is 3.83. The Bertz CT molecular complexity index is 98.0. The first-order valence-corrected chi connectivity index (χ1v) is 2.81. The lowest BCUT2D eigenvalue weighted by Gasteiger charge is -1.97. The van der Waals surface area contributed by atoms with Crippen LogP contribution < -0.4 is 0 Å². The lowest BCUT2D eigenvalue weighted by atomic mass is 9.82. The van der Waals surface area contributed by atoms with Crippen molar-refractivity contribution in [2.75, 3.05) is 0 Å². The van der Waals surface area contributed by atoms with E-state index in [0.29, 0.717) is 0 Å². The van der Waals surface area contributed by atoms with Gasteiger partial charge < -0.3 is 4.65 Å². The number of hydrogen-bond acceptors (Lipinski definition) is 3. The first kappa shape index (κ1) is 5.76. The van der Waals surface area contributed by atoms with E-state index in [4.69, 9.17) is 4.65 Å². The zero-order chi connectivity index (χ0) is 5.98. The second-order valence-electron chi connectivity index (χ2n) is 2.08. The van der Waals surface area contributed by atoms with Crippen LogP contribution in [0.15, 0.2) is 5.09 Å². The van der Waals surface area contributed by atoms with Crippen LogP contribution in [0.3, 0.4) is 0 Å². The van der Waals surface area contributed by atoms with Crippen molar-refractivity contribution in [2.24, 2.45) is 5.09 Å². The van der Waals surface area contributed by atoms with Crippen LogP contribution in [0.2, 0.25) is 6.32 Å². The maximum Gasteiger partial charge on any atom is 0.486 e. The second-order valence-corrected chi connectivity index (χ2v) is 2.08. The highest BCUT2D eigenvalue weighted by Crippen LogP contribution is 2.16.